The van der Waals surface area contributed by atoms with Crippen LogP contribution in [0, 0.1) is 0 Å². The van der Waals surface area contributed by atoms with Gasteiger partial charge in [-0.1, -0.05) is 12.1 Å². The minimum atomic E-state index is -0.575. The summed E-state index contributed by atoms with van der Waals surface area (Å²) in [6, 6.07) is 7.86. The average Bonchev–Trinajstić information content (AvgIpc) is 2.90. The molecule has 21 heavy (non-hydrogen) atoms. The van der Waals surface area contributed by atoms with E-state index in [1.54, 1.807) is 11.8 Å². The highest BCUT2D eigenvalue weighted by atomic mass is 79.9. The first-order valence-corrected chi connectivity index (χ1v) is 8.58. The van der Waals surface area contributed by atoms with Gasteiger partial charge in [-0.25, -0.2) is 9.78 Å². The van der Waals surface area contributed by atoms with Gasteiger partial charge in [-0.05, 0) is 28.1 Å². The Balaban J connectivity index is 2.20. The number of hydrogen-bond acceptors (Lipinski definition) is 6. The zero-order valence-electron chi connectivity index (χ0n) is 11.4. The van der Waals surface area contributed by atoms with Crippen LogP contribution in [0.3, 0.4) is 0 Å². The standard InChI is InChI=1S/C14H12BrNO3S2/c1-8(17)13-12(14(18)19-2)16-11(21-13)7-20-10-6-4-3-5-9(10)15/h3-6H,7H2,1-2H3. The lowest BCUT2D eigenvalue weighted by molar-refractivity contribution is 0.0591. The zero-order chi connectivity index (χ0) is 15.4. The summed E-state index contributed by atoms with van der Waals surface area (Å²) >= 11 is 6.31. The van der Waals surface area contributed by atoms with E-state index in [1.807, 2.05) is 24.3 Å². The predicted octanol–water partition coefficient (Wildman–Crippen LogP) is 4.19. The highest BCUT2D eigenvalue weighted by Crippen LogP contribution is 2.31. The first-order chi connectivity index (χ1) is 10.0. The van der Waals surface area contributed by atoms with Gasteiger partial charge in [-0.15, -0.1) is 23.1 Å². The van der Waals surface area contributed by atoms with E-state index < -0.39 is 5.97 Å². The summed E-state index contributed by atoms with van der Waals surface area (Å²) in [6.07, 6.45) is 0. The molecule has 0 saturated carbocycles. The van der Waals surface area contributed by atoms with Crippen molar-refractivity contribution in [2.24, 2.45) is 0 Å². The second-order valence-corrected chi connectivity index (χ2v) is 7.01. The summed E-state index contributed by atoms with van der Waals surface area (Å²) < 4.78 is 5.67. The number of aromatic nitrogens is 1. The lowest BCUT2D eigenvalue weighted by atomic mass is 10.3. The van der Waals surface area contributed by atoms with Crippen LogP contribution in [0.2, 0.25) is 0 Å². The molecule has 2 aromatic rings. The van der Waals surface area contributed by atoms with Crippen LogP contribution in [0.15, 0.2) is 33.6 Å². The highest BCUT2D eigenvalue weighted by Gasteiger charge is 2.21. The molecule has 0 radical (unpaired) electrons. The summed E-state index contributed by atoms with van der Waals surface area (Å²) in [5, 5.41) is 0.723. The van der Waals surface area contributed by atoms with Crippen LogP contribution in [0.4, 0.5) is 0 Å². The van der Waals surface area contributed by atoms with Crippen molar-refractivity contribution in [2.75, 3.05) is 7.11 Å². The van der Waals surface area contributed by atoms with Gasteiger partial charge in [0, 0.05) is 16.3 Å². The van der Waals surface area contributed by atoms with Crippen molar-refractivity contribution in [3.05, 3.63) is 44.3 Å². The van der Waals surface area contributed by atoms with Crippen LogP contribution in [0.25, 0.3) is 0 Å². The number of nitrogens with zero attached hydrogens (tertiary/aromatic N) is 1. The van der Waals surface area contributed by atoms with E-state index in [4.69, 9.17) is 0 Å². The third kappa shape index (κ3) is 3.93. The van der Waals surface area contributed by atoms with Crippen LogP contribution >= 0.6 is 39.0 Å². The number of hydrogen-bond donors (Lipinski definition) is 0. The number of halogens is 1. The number of ether oxygens (including phenoxy) is 1. The quantitative estimate of drug-likeness (QED) is 0.438. The number of Topliss-reactive ketones (excluding diaryl/α,β-unsaturated/α-hetero) is 1. The summed E-state index contributed by atoms with van der Waals surface area (Å²) in [5.74, 6) is -0.163. The summed E-state index contributed by atoms with van der Waals surface area (Å²) in [5.41, 5.74) is 0.109. The van der Waals surface area contributed by atoms with Crippen molar-refractivity contribution < 1.29 is 14.3 Å². The van der Waals surface area contributed by atoms with Gasteiger partial charge in [0.15, 0.2) is 11.5 Å². The van der Waals surface area contributed by atoms with E-state index >= 15 is 0 Å². The van der Waals surface area contributed by atoms with E-state index in [1.165, 1.54) is 25.4 Å². The monoisotopic (exact) mass is 385 g/mol. The Morgan fingerprint density at radius 2 is 2.10 bits per heavy atom. The number of carbonyl (C=O) groups is 2. The highest BCUT2D eigenvalue weighted by molar-refractivity contribution is 9.10. The third-order valence-corrected chi connectivity index (χ3v) is 5.94. The van der Waals surface area contributed by atoms with Crippen LogP contribution in [-0.2, 0) is 10.5 Å². The van der Waals surface area contributed by atoms with Gasteiger partial charge >= 0.3 is 5.97 Å². The fourth-order valence-electron chi connectivity index (χ4n) is 1.60. The third-order valence-electron chi connectivity index (χ3n) is 2.56. The number of methoxy groups -OCH3 is 1. The van der Waals surface area contributed by atoms with Crippen LogP contribution in [-0.4, -0.2) is 23.8 Å². The Kier molecular flexibility index (Phi) is 5.55. The normalized spacial score (nSPS) is 10.4. The van der Waals surface area contributed by atoms with Gasteiger partial charge in [0.2, 0.25) is 0 Å². The van der Waals surface area contributed by atoms with Crippen molar-refractivity contribution in [1.29, 1.82) is 0 Å². The number of esters is 1. The smallest absolute Gasteiger partial charge is 0.358 e. The molecule has 0 aliphatic carbocycles. The largest absolute Gasteiger partial charge is 0.464 e. The molecule has 0 N–H and O–H groups in total. The molecule has 0 amide bonds. The molecular weight excluding hydrogens is 374 g/mol. The Bertz CT molecular complexity index is 685. The van der Waals surface area contributed by atoms with Crippen molar-refractivity contribution in [3.8, 4) is 0 Å². The molecule has 0 saturated heterocycles. The SMILES string of the molecule is COC(=O)c1nc(CSc2ccccc2Br)sc1C(C)=O. The number of rotatable bonds is 5. The fraction of sp³-hybridized carbons (Fsp3) is 0.214. The maximum absolute atomic E-state index is 11.6. The molecule has 1 aromatic carbocycles. The van der Waals surface area contributed by atoms with Crippen molar-refractivity contribution >= 4 is 50.8 Å². The molecule has 0 aliphatic heterocycles. The van der Waals surface area contributed by atoms with Crippen molar-refractivity contribution in [2.45, 2.75) is 17.6 Å². The minimum Gasteiger partial charge on any atom is -0.464 e. The number of ketones is 1. The molecule has 0 spiro atoms. The summed E-state index contributed by atoms with van der Waals surface area (Å²) in [6.45, 7) is 1.42. The summed E-state index contributed by atoms with van der Waals surface area (Å²) in [7, 11) is 1.28. The average molecular weight is 386 g/mol. The van der Waals surface area contributed by atoms with Crippen LogP contribution in [0.1, 0.15) is 32.1 Å². The first kappa shape index (κ1) is 16.2. The van der Waals surface area contributed by atoms with Crippen LogP contribution in [0.5, 0.6) is 0 Å². The van der Waals surface area contributed by atoms with Gasteiger partial charge in [-0.2, -0.15) is 0 Å². The molecule has 4 nitrogen and oxygen atoms in total. The van der Waals surface area contributed by atoms with Gasteiger partial charge in [-0.3, -0.25) is 4.79 Å². The lowest BCUT2D eigenvalue weighted by Gasteiger charge is -2.01. The molecule has 0 aliphatic rings. The summed E-state index contributed by atoms with van der Waals surface area (Å²) in [4.78, 5) is 28.9. The second kappa shape index (κ2) is 7.20. The molecule has 0 unspecified atom stereocenters. The van der Waals surface area contributed by atoms with E-state index in [2.05, 4.69) is 25.7 Å². The van der Waals surface area contributed by atoms with Gasteiger partial charge in [0.1, 0.15) is 9.88 Å². The van der Waals surface area contributed by atoms with E-state index in [0.717, 1.165) is 14.4 Å². The Labute approximate surface area is 139 Å². The van der Waals surface area contributed by atoms with Gasteiger partial charge in [0.25, 0.3) is 0 Å². The molecule has 110 valence electrons. The van der Waals surface area contributed by atoms with Gasteiger partial charge < -0.3 is 4.74 Å². The Morgan fingerprint density at radius 3 is 2.71 bits per heavy atom. The Hall–Kier alpha value is -1.18. The molecule has 1 heterocycles. The second-order valence-electron chi connectivity index (χ2n) is 4.05. The maximum atomic E-state index is 11.6. The minimum absolute atomic E-state index is 0.109. The molecular formula is C14H12BrNO3S2. The van der Waals surface area contributed by atoms with Crippen molar-refractivity contribution in [3.63, 3.8) is 0 Å². The number of thiazole rings is 1. The zero-order valence-corrected chi connectivity index (χ0v) is 14.6. The molecule has 7 heteroatoms. The number of benzene rings is 1. The van der Waals surface area contributed by atoms with E-state index in [-0.39, 0.29) is 11.5 Å². The van der Waals surface area contributed by atoms with Crippen LogP contribution < -0.4 is 0 Å². The van der Waals surface area contributed by atoms with E-state index in [9.17, 15) is 9.59 Å². The number of carbonyl (C=O) groups excluding carboxylic acids is 2. The molecule has 0 atom stereocenters. The Morgan fingerprint density at radius 1 is 1.38 bits per heavy atom. The lowest BCUT2D eigenvalue weighted by Crippen LogP contribution is -2.07. The van der Waals surface area contributed by atoms with Gasteiger partial charge in [0.05, 0.1) is 12.9 Å². The predicted molar refractivity (Wildman–Crippen MR) is 87.2 cm³/mol. The van der Waals surface area contributed by atoms with E-state index in [0.29, 0.717) is 10.6 Å². The molecule has 1 aromatic heterocycles. The fourth-order valence-corrected chi connectivity index (χ4v) is 4.11. The molecule has 0 bridgehead atoms. The first-order valence-electron chi connectivity index (χ1n) is 5.99. The number of thioether (sulfide) groups is 1. The van der Waals surface area contributed by atoms with Crippen molar-refractivity contribution in [1.82, 2.24) is 4.98 Å². The topological polar surface area (TPSA) is 56.3 Å². The molecule has 0 fully saturated rings. The molecule has 2 rings (SSSR count). The maximum Gasteiger partial charge on any atom is 0.358 e.